The first-order valence-electron chi connectivity index (χ1n) is 14.3. The van der Waals surface area contributed by atoms with E-state index in [4.69, 9.17) is 30.8 Å². The van der Waals surface area contributed by atoms with E-state index in [2.05, 4.69) is 28.5 Å². The fourth-order valence-electron chi connectivity index (χ4n) is 6.26. The normalized spacial score (nSPS) is 21.4. The Morgan fingerprint density at radius 3 is 2.81 bits per heavy atom. The summed E-state index contributed by atoms with van der Waals surface area (Å²) in [6, 6.07) is 14.5. The van der Waals surface area contributed by atoms with E-state index >= 15 is 0 Å². The predicted octanol–water partition coefficient (Wildman–Crippen LogP) is 6.67. The van der Waals surface area contributed by atoms with Gasteiger partial charge in [0, 0.05) is 40.9 Å². The topological polar surface area (TPSA) is 65.8 Å². The lowest BCUT2D eigenvalue weighted by Gasteiger charge is -2.38. The molecule has 0 saturated carbocycles. The minimum Gasteiger partial charge on any atom is -0.481 e. The number of carbonyl (C=O) groups is 1. The Labute approximate surface area is 248 Å². The molecule has 4 aromatic rings. The van der Waals surface area contributed by atoms with Gasteiger partial charge in [0.1, 0.15) is 23.5 Å². The standard InChI is InChI=1S/C33H31ClFN3O4/c1-19-31-20(3-4-21-6-10-29(42-32(21)31)25-8-7-23(34)16-26(25)35)11-13-37(19)18-30-36-27-9-5-22(33(39)40-2)15-28(27)38(30)17-24-12-14-41-24/h3-10,15-16,19,24,29H,11-14,17-18H2,1-2H3/t19?,24-,29+/m0/s1. The van der Waals surface area contributed by atoms with Gasteiger partial charge >= 0.3 is 5.97 Å². The van der Waals surface area contributed by atoms with E-state index in [-0.39, 0.29) is 23.9 Å². The highest BCUT2D eigenvalue weighted by Crippen LogP contribution is 2.44. The van der Waals surface area contributed by atoms with Gasteiger partial charge in [-0.1, -0.05) is 35.9 Å². The molecule has 4 heterocycles. The molecule has 0 N–H and O–H groups in total. The smallest absolute Gasteiger partial charge is 0.337 e. The van der Waals surface area contributed by atoms with Gasteiger partial charge in [0.2, 0.25) is 0 Å². The zero-order valence-corrected chi connectivity index (χ0v) is 24.2. The molecular weight excluding hydrogens is 557 g/mol. The summed E-state index contributed by atoms with van der Waals surface area (Å²) >= 11 is 6.00. The largest absolute Gasteiger partial charge is 0.481 e. The molecule has 3 aliphatic heterocycles. The van der Waals surface area contributed by atoms with Gasteiger partial charge in [-0.15, -0.1) is 0 Å². The SMILES string of the molecule is COC(=O)c1ccc2nc(CN3CCc4ccc5c(c4C3C)O[C@@H](c3ccc(Cl)cc3F)C=C5)n(C[C@@H]3CCO3)c2c1. The molecule has 7 rings (SSSR count). The Kier molecular flexibility index (Phi) is 7.00. The van der Waals surface area contributed by atoms with Gasteiger partial charge in [-0.25, -0.2) is 14.2 Å². The van der Waals surface area contributed by atoms with Crippen LogP contribution in [0.2, 0.25) is 5.02 Å². The van der Waals surface area contributed by atoms with Crippen molar-refractivity contribution < 1.29 is 23.4 Å². The Morgan fingerprint density at radius 2 is 2.05 bits per heavy atom. The number of ether oxygens (including phenoxy) is 3. The lowest BCUT2D eigenvalue weighted by Crippen LogP contribution is -2.36. The van der Waals surface area contributed by atoms with Crippen molar-refractivity contribution >= 4 is 34.7 Å². The number of hydrogen-bond acceptors (Lipinski definition) is 6. The summed E-state index contributed by atoms with van der Waals surface area (Å²) in [4.78, 5) is 19.7. The molecule has 216 valence electrons. The highest BCUT2D eigenvalue weighted by Gasteiger charge is 2.32. The van der Waals surface area contributed by atoms with Gasteiger partial charge in [-0.2, -0.15) is 0 Å². The third-order valence-electron chi connectivity index (χ3n) is 8.69. The quantitative estimate of drug-likeness (QED) is 0.235. The molecule has 3 aliphatic rings. The summed E-state index contributed by atoms with van der Waals surface area (Å²) < 4.78 is 34.3. The van der Waals surface area contributed by atoms with Crippen LogP contribution in [0, 0.1) is 5.82 Å². The zero-order valence-electron chi connectivity index (χ0n) is 23.5. The van der Waals surface area contributed by atoms with Crippen LogP contribution in [0.5, 0.6) is 5.75 Å². The first kappa shape index (κ1) is 27.1. The molecule has 1 unspecified atom stereocenters. The summed E-state index contributed by atoms with van der Waals surface area (Å²) in [5, 5.41) is 0.356. The summed E-state index contributed by atoms with van der Waals surface area (Å²) in [5.41, 5.74) is 6.03. The number of nitrogens with zero attached hydrogens (tertiary/aromatic N) is 3. The summed E-state index contributed by atoms with van der Waals surface area (Å²) in [6.07, 6.45) is 5.34. The van der Waals surface area contributed by atoms with Crippen LogP contribution in [-0.2, 0) is 29.0 Å². The van der Waals surface area contributed by atoms with Crippen molar-refractivity contribution in [3.05, 3.63) is 99.1 Å². The molecule has 3 atom stereocenters. The number of methoxy groups -OCH3 is 1. The predicted molar refractivity (Wildman–Crippen MR) is 158 cm³/mol. The number of rotatable bonds is 6. The average Bonchev–Trinajstić information content (AvgIpc) is 3.31. The number of esters is 1. The number of fused-ring (bicyclic) bond motifs is 4. The first-order valence-corrected chi connectivity index (χ1v) is 14.7. The fraction of sp³-hybridized carbons (Fsp3) is 0.333. The molecule has 7 nitrogen and oxygen atoms in total. The first-order chi connectivity index (χ1) is 20.4. The summed E-state index contributed by atoms with van der Waals surface area (Å²) in [5.74, 6) is 0.961. The van der Waals surface area contributed by atoms with E-state index in [1.165, 1.54) is 18.7 Å². The third kappa shape index (κ3) is 4.77. The molecule has 3 aromatic carbocycles. The van der Waals surface area contributed by atoms with E-state index in [0.29, 0.717) is 29.2 Å². The second kappa shape index (κ2) is 10.8. The number of carbonyl (C=O) groups excluding carboxylic acids is 1. The van der Waals surface area contributed by atoms with E-state index < -0.39 is 6.10 Å². The van der Waals surface area contributed by atoms with Crippen molar-refractivity contribution in [1.82, 2.24) is 14.5 Å². The van der Waals surface area contributed by atoms with Crippen molar-refractivity contribution in [1.29, 1.82) is 0 Å². The highest BCUT2D eigenvalue weighted by molar-refractivity contribution is 6.30. The van der Waals surface area contributed by atoms with Crippen LogP contribution in [0.4, 0.5) is 4.39 Å². The van der Waals surface area contributed by atoms with Crippen LogP contribution in [0.25, 0.3) is 17.1 Å². The monoisotopic (exact) mass is 587 g/mol. The van der Waals surface area contributed by atoms with E-state index in [1.54, 1.807) is 18.2 Å². The maximum Gasteiger partial charge on any atom is 0.337 e. The molecule has 0 aliphatic carbocycles. The van der Waals surface area contributed by atoms with Crippen molar-refractivity contribution in [3.8, 4) is 5.75 Å². The van der Waals surface area contributed by atoms with E-state index in [1.807, 2.05) is 24.3 Å². The van der Waals surface area contributed by atoms with E-state index in [0.717, 1.165) is 59.7 Å². The molecule has 1 aromatic heterocycles. The molecule has 0 amide bonds. The van der Waals surface area contributed by atoms with Crippen molar-refractivity contribution in [3.63, 3.8) is 0 Å². The zero-order chi connectivity index (χ0) is 29.0. The van der Waals surface area contributed by atoms with Gasteiger partial charge in [0.05, 0.1) is 42.9 Å². The third-order valence-corrected chi connectivity index (χ3v) is 8.92. The Hall–Kier alpha value is -3.72. The number of halogens is 2. The molecule has 9 heteroatoms. The number of benzene rings is 3. The number of aromatic nitrogens is 2. The van der Waals surface area contributed by atoms with Crippen molar-refractivity contribution in [2.75, 3.05) is 20.3 Å². The minimum atomic E-state index is -0.542. The average molecular weight is 588 g/mol. The van der Waals surface area contributed by atoms with Crippen LogP contribution in [-0.4, -0.2) is 46.8 Å². The summed E-state index contributed by atoms with van der Waals surface area (Å²) in [7, 11) is 1.39. The Balaban J connectivity index is 1.21. The van der Waals surface area contributed by atoms with Gasteiger partial charge in [0.15, 0.2) is 0 Å². The molecular formula is C33H31ClFN3O4. The van der Waals surface area contributed by atoms with Crippen LogP contribution in [0.15, 0.2) is 54.6 Å². The van der Waals surface area contributed by atoms with Crippen LogP contribution >= 0.6 is 11.6 Å². The maximum atomic E-state index is 14.8. The summed E-state index contributed by atoms with van der Waals surface area (Å²) in [6.45, 7) is 5.10. The second-order valence-corrected chi connectivity index (χ2v) is 11.6. The van der Waals surface area contributed by atoms with Crippen LogP contribution < -0.4 is 4.74 Å². The number of imidazole rings is 1. The molecule has 42 heavy (non-hydrogen) atoms. The molecule has 1 saturated heterocycles. The van der Waals surface area contributed by atoms with Crippen LogP contribution in [0.1, 0.15) is 63.9 Å². The van der Waals surface area contributed by atoms with Gasteiger partial charge in [-0.05, 0) is 61.7 Å². The van der Waals surface area contributed by atoms with E-state index in [9.17, 15) is 9.18 Å². The molecule has 1 fully saturated rings. The van der Waals surface area contributed by atoms with Gasteiger partial charge in [-0.3, -0.25) is 4.90 Å². The Bertz CT molecular complexity index is 1730. The lowest BCUT2D eigenvalue weighted by molar-refractivity contribution is -0.0592. The van der Waals surface area contributed by atoms with Crippen LogP contribution in [0.3, 0.4) is 0 Å². The molecule has 0 radical (unpaired) electrons. The van der Waals surface area contributed by atoms with Gasteiger partial charge < -0.3 is 18.8 Å². The fourth-order valence-corrected chi connectivity index (χ4v) is 6.42. The maximum absolute atomic E-state index is 14.8. The number of hydrogen-bond donors (Lipinski definition) is 0. The lowest BCUT2D eigenvalue weighted by atomic mass is 9.89. The molecule has 0 spiro atoms. The highest BCUT2D eigenvalue weighted by atomic mass is 35.5. The van der Waals surface area contributed by atoms with Gasteiger partial charge in [0.25, 0.3) is 0 Å². The van der Waals surface area contributed by atoms with Crippen molar-refractivity contribution in [2.24, 2.45) is 0 Å². The Morgan fingerprint density at radius 1 is 1.19 bits per heavy atom. The second-order valence-electron chi connectivity index (χ2n) is 11.1. The van der Waals surface area contributed by atoms with Crippen molar-refractivity contribution in [2.45, 2.75) is 51.1 Å². The minimum absolute atomic E-state index is 0.0322. The molecule has 0 bridgehead atoms.